The Morgan fingerprint density at radius 1 is 1.57 bits per heavy atom. The zero-order chi connectivity index (χ0) is 10.2. The normalized spacial score (nSPS) is 25.0. The highest BCUT2D eigenvalue weighted by Gasteiger charge is 2.28. The molecule has 0 radical (unpaired) electrons. The average molecular weight is 217 g/mol. The number of rotatable bonds is 2. The van der Waals surface area contributed by atoms with Gasteiger partial charge in [-0.25, -0.2) is 13.5 Å². The van der Waals surface area contributed by atoms with E-state index >= 15 is 0 Å². The van der Waals surface area contributed by atoms with Crippen LogP contribution < -0.4 is 11.1 Å². The summed E-state index contributed by atoms with van der Waals surface area (Å²) in [5, 5.41) is 9.13. The first-order chi connectivity index (χ1) is 6.55. The zero-order valence-corrected chi connectivity index (χ0v) is 8.21. The molecule has 7 nitrogen and oxygen atoms in total. The smallest absolute Gasteiger partial charge is 0.243 e. The van der Waals surface area contributed by atoms with Gasteiger partial charge in [-0.15, -0.1) is 5.10 Å². The lowest BCUT2D eigenvalue weighted by Gasteiger charge is -2.06. The quantitative estimate of drug-likeness (QED) is 0.584. The second kappa shape index (κ2) is 3.12. The lowest BCUT2D eigenvalue weighted by atomic mass is 10.3. The molecule has 0 aliphatic carbocycles. The van der Waals surface area contributed by atoms with E-state index in [2.05, 4.69) is 20.5 Å². The van der Waals surface area contributed by atoms with Crippen molar-refractivity contribution in [3.05, 3.63) is 0 Å². The summed E-state index contributed by atoms with van der Waals surface area (Å²) in [6.07, 6.45) is 0.594. The van der Waals surface area contributed by atoms with Crippen LogP contribution in [0.1, 0.15) is 6.42 Å². The van der Waals surface area contributed by atoms with Gasteiger partial charge in [-0.1, -0.05) is 0 Å². The molecule has 78 valence electrons. The molecule has 0 saturated carbocycles. The van der Waals surface area contributed by atoms with E-state index < -0.39 is 9.84 Å². The fraction of sp³-hybridized carbons (Fsp3) is 0.667. The highest BCUT2D eigenvalue weighted by atomic mass is 32.2. The molecule has 1 aromatic heterocycles. The maximum atomic E-state index is 11.1. The first-order valence-corrected chi connectivity index (χ1v) is 6.02. The molecule has 1 aliphatic heterocycles. The number of H-pyrrole nitrogens is 1. The third kappa shape index (κ3) is 1.95. The SMILES string of the molecule is Nc1nc(NC2CCS(=O)(=O)C2)n[nH]1. The van der Waals surface area contributed by atoms with Crippen LogP contribution >= 0.6 is 0 Å². The van der Waals surface area contributed by atoms with Crippen molar-refractivity contribution in [1.29, 1.82) is 0 Å². The summed E-state index contributed by atoms with van der Waals surface area (Å²) in [6, 6.07) is -0.102. The van der Waals surface area contributed by atoms with Gasteiger partial charge in [-0.2, -0.15) is 4.98 Å². The van der Waals surface area contributed by atoms with Crippen LogP contribution in [0.2, 0.25) is 0 Å². The summed E-state index contributed by atoms with van der Waals surface area (Å²) in [6.45, 7) is 0. The van der Waals surface area contributed by atoms with Crippen LogP contribution in [-0.4, -0.2) is 41.1 Å². The van der Waals surface area contributed by atoms with Crippen molar-refractivity contribution in [1.82, 2.24) is 15.2 Å². The molecule has 1 aromatic rings. The maximum Gasteiger partial charge on any atom is 0.243 e. The lowest BCUT2D eigenvalue weighted by molar-refractivity contribution is 0.602. The summed E-state index contributed by atoms with van der Waals surface area (Å²) in [5.74, 6) is 0.935. The Labute approximate surface area is 81.0 Å². The van der Waals surface area contributed by atoms with E-state index in [0.29, 0.717) is 12.4 Å². The molecular weight excluding hydrogens is 206 g/mol. The molecule has 0 spiro atoms. The van der Waals surface area contributed by atoms with Crippen molar-refractivity contribution in [2.75, 3.05) is 22.6 Å². The molecule has 1 fully saturated rings. The van der Waals surface area contributed by atoms with Gasteiger partial charge < -0.3 is 11.1 Å². The van der Waals surface area contributed by atoms with E-state index in [0.717, 1.165) is 0 Å². The molecule has 1 aliphatic rings. The van der Waals surface area contributed by atoms with E-state index in [1.807, 2.05) is 0 Å². The molecule has 0 amide bonds. The number of anilines is 2. The Morgan fingerprint density at radius 2 is 2.36 bits per heavy atom. The van der Waals surface area contributed by atoms with Crippen LogP contribution in [0.15, 0.2) is 0 Å². The van der Waals surface area contributed by atoms with Crippen molar-refractivity contribution in [2.45, 2.75) is 12.5 Å². The van der Waals surface area contributed by atoms with Gasteiger partial charge in [-0.3, -0.25) is 0 Å². The Bertz CT molecular complexity index is 425. The zero-order valence-electron chi connectivity index (χ0n) is 7.40. The van der Waals surface area contributed by atoms with Crippen molar-refractivity contribution >= 4 is 21.7 Å². The number of aromatic nitrogens is 3. The van der Waals surface area contributed by atoms with Crippen molar-refractivity contribution < 1.29 is 8.42 Å². The molecule has 2 heterocycles. The molecule has 1 atom stereocenters. The topological polar surface area (TPSA) is 114 Å². The van der Waals surface area contributed by atoms with Gasteiger partial charge in [0, 0.05) is 6.04 Å². The predicted molar refractivity (Wildman–Crippen MR) is 51.5 cm³/mol. The van der Waals surface area contributed by atoms with Crippen molar-refractivity contribution in [3.8, 4) is 0 Å². The first-order valence-electron chi connectivity index (χ1n) is 4.20. The van der Waals surface area contributed by atoms with Crippen LogP contribution in [-0.2, 0) is 9.84 Å². The molecule has 0 aromatic carbocycles. The van der Waals surface area contributed by atoms with Gasteiger partial charge in [0.1, 0.15) is 0 Å². The maximum absolute atomic E-state index is 11.1. The van der Waals surface area contributed by atoms with Gasteiger partial charge in [-0.05, 0) is 6.42 Å². The summed E-state index contributed by atoms with van der Waals surface area (Å²) >= 11 is 0. The van der Waals surface area contributed by atoms with Crippen LogP contribution in [0.25, 0.3) is 0 Å². The van der Waals surface area contributed by atoms with Crippen LogP contribution in [0.4, 0.5) is 11.9 Å². The summed E-state index contributed by atoms with van der Waals surface area (Å²) in [4.78, 5) is 3.83. The average Bonchev–Trinajstić information content (AvgIpc) is 2.59. The van der Waals surface area contributed by atoms with Gasteiger partial charge >= 0.3 is 0 Å². The fourth-order valence-electron chi connectivity index (χ4n) is 1.43. The first kappa shape index (κ1) is 9.25. The van der Waals surface area contributed by atoms with Gasteiger partial charge in [0.05, 0.1) is 11.5 Å². The molecule has 8 heteroatoms. The van der Waals surface area contributed by atoms with E-state index in [4.69, 9.17) is 5.73 Å². The van der Waals surface area contributed by atoms with E-state index in [9.17, 15) is 8.42 Å². The summed E-state index contributed by atoms with van der Waals surface area (Å²) in [5.41, 5.74) is 5.32. The van der Waals surface area contributed by atoms with E-state index in [1.54, 1.807) is 0 Å². The number of hydrogen-bond acceptors (Lipinski definition) is 6. The molecule has 4 N–H and O–H groups in total. The molecule has 1 saturated heterocycles. The number of nitrogens with one attached hydrogen (secondary N) is 2. The number of sulfone groups is 1. The minimum atomic E-state index is -2.87. The number of nitrogens with two attached hydrogens (primary N) is 1. The summed E-state index contributed by atoms with van der Waals surface area (Å²) < 4.78 is 22.2. The fourth-order valence-corrected chi connectivity index (χ4v) is 3.10. The Balaban J connectivity index is 2.00. The number of hydrogen-bond donors (Lipinski definition) is 3. The number of nitrogens with zero attached hydrogens (tertiary/aromatic N) is 2. The van der Waals surface area contributed by atoms with Crippen molar-refractivity contribution in [2.24, 2.45) is 0 Å². The van der Waals surface area contributed by atoms with Crippen LogP contribution in [0.3, 0.4) is 0 Å². The molecular formula is C6H11N5O2S. The molecule has 14 heavy (non-hydrogen) atoms. The third-order valence-corrected chi connectivity index (χ3v) is 3.84. The lowest BCUT2D eigenvalue weighted by Crippen LogP contribution is -2.21. The predicted octanol–water partition coefficient (Wildman–Crippen LogP) is -1.01. The van der Waals surface area contributed by atoms with E-state index in [1.165, 1.54) is 0 Å². The largest absolute Gasteiger partial charge is 0.368 e. The molecule has 1 unspecified atom stereocenters. The second-order valence-corrected chi connectivity index (χ2v) is 5.52. The second-order valence-electron chi connectivity index (χ2n) is 3.29. The monoisotopic (exact) mass is 217 g/mol. The van der Waals surface area contributed by atoms with Crippen LogP contribution in [0, 0.1) is 0 Å². The highest BCUT2D eigenvalue weighted by molar-refractivity contribution is 7.91. The number of aromatic amines is 1. The molecule has 2 rings (SSSR count). The van der Waals surface area contributed by atoms with Crippen LogP contribution in [0.5, 0.6) is 0 Å². The Morgan fingerprint density at radius 3 is 2.86 bits per heavy atom. The molecule has 0 bridgehead atoms. The van der Waals surface area contributed by atoms with Gasteiger partial charge in [0.25, 0.3) is 0 Å². The van der Waals surface area contributed by atoms with E-state index in [-0.39, 0.29) is 23.5 Å². The Hall–Kier alpha value is -1.31. The number of nitrogen functional groups attached to an aromatic ring is 1. The Kier molecular flexibility index (Phi) is 2.06. The van der Waals surface area contributed by atoms with Gasteiger partial charge in [0.2, 0.25) is 11.9 Å². The van der Waals surface area contributed by atoms with Gasteiger partial charge in [0.15, 0.2) is 9.84 Å². The standard InChI is InChI=1S/C6H11N5O2S/c7-5-9-6(11-10-5)8-4-1-2-14(12,13)3-4/h4H,1-3H2,(H4,7,8,9,10,11). The summed E-state index contributed by atoms with van der Waals surface area (Å²) in [7, 11) is -2.87. The third-order valence-electron chi connectivity index (χ3n) is 2.07. The minimum absolute atomic E-state index is 0.102. The highest BCUT2D eigenvalue weighted by Crippen LogP contribution is 2.14. The minimum Gasteiger partial charge on any atom is -0.368 e. The van der Waals surface area contributed by atoms with Crippen molar-refractivity contribution in [3.63, 3.8) is 0 Å².